The van der Waals surface area contributed by atoms with Gasteiger partial charge in [-0.25, -0.2) is 4.89 Å². The summed E-state index contributed by atoms with van der Waals surface area (Å²) in [6.45, 7) is 23.6. The van der Waals surface area contributed by atoms with Crippen LogP contribution in [-0.4, -0.2) is 143 Å². The van der Waals surface area contributed by atoms with Crippen LogP contribution in [0.15, 0.2) is 36.4 Å². The van der Waals surface area contributed by atoms with Crippen molar-refractivity contribution >= 4 is 52.9 Å². The van der Waals surface area contributed by atoms with Crippen LogP contribution >= 0.6 is 23.2 Å². The molecule has 5 heterocycles. The van der Waals surface area contributed by atoms with Crippen molar-refractivity contribution in [3.05, 3.63) is 52.0 Å². The molecule has 76 heavy (non-hydrogen) atoms. The number of halogens is 2. The number of aliphatic hydroxyl groups excluding tert-OH is 1. The molecule has 5 aliphatic rings. The van der Waals surface area contributed by atoms with Crippen LogP contribution in [0.2, 0.25) is 10.0 Å². The van der Waals surface area contributed by atoms with Crippen LogP contribution in [0.25, 0.3) is 6.08 Å². The summed E-state index contributed by atoms with van der Waals surface area (Å²) in [5.41, 5.74) is -1.08. The van der Waals surface area contributed by atoms with E-state index in [4.69, 9.17) is 56.7 Å². The lowest BCUT2D eigenvalue weighted by Gasteiger charge is -2.47. The largest absolute Gasteiger partial charge is 0.469 e. The van der Waals surface area contributed by atoms with E-state index in [-0.39, 0.29) is 47.6 Å². The molecule has 0 bridgehead atoms. The van der Waals surface area contributed by atoms with Gasteiger partial charge in [-0.05, 0) is 113 Å². The highest BCUT2D eigenvalue weighted by molar-refractivity contribution is 6.35. The van der Waals surface area contributed by atoms with Crippen LogP contribution in [0.4, 0.5) is 0 Å². The van der Waals surface area contributed by atoms with Gasteiger partial charge in [0.25, 0.3) is 0 Å². The van der Waals surface area contributed by atoms with Gasteiger partial charge in [0.15, 0.2) is 6.10 Å². The first-order valence-electron chi connectivity index (χ1n) is 28.3. The van der Waals surface area contributed by atoms with Crippen molar-refractivity contribution in [2.24, 2.45) is 47.3 Å². The monoisotopic (exact) mass is 1100 g/mol. The maximum atomic E-state index is 15.0. The Bertz CT molecular complexity index is 2190. The Kier molecular flexibility index (Phi) is 22.1. The van der Waals surface area contributed by atoms with Crippen molar-refractivity contribution in [1.29, 1.82) is 0 Å². The topological polar surface area (TPSA) is 180 Å². The summed E-state index contributed by atoms with van der Waals surface area (Å²) >= 11 is 12.5. The lowest BCUT2D eigenvalue weighted by Crippen LogP contribution is -2.56. The smallest absolute Gasteiger partial charge is 0.313 e. The van der Waals surface area contributed by atoms with E-state index >= 15 is 0 Å². The number of allylic oxidation sites excluding steroid dienone is 1. The van der Waals surface area contributed by atoms with Crippen LogP contribution in [-0.2, 0) is 52.6 Å². The van der Waals surface area contributed by atoms with Gasteiger partial charge in [-0.3, -0.25) is 24.1 Å². The first kappa shape index (κ1) is 62.2. The molecule has 0 aromatic heterocycles. The lowest BCUT2D eigenvalue weighted by atomic mass is 9.74. The van der Waals surface area contributed by atoms with Gasteiger partial charge in [0.1, 0.15) is 11.9 Å². The lowest BCUT2D eigenvalue weighted by molar-refractivity contribution is -0.468. The van der Waals surface area contributed by atoms with Gasteiger partial charge in [-0.1, -0.05) is 103 Å². The molecule has 5 aliphatic heterocycles. The predicted molar refractivity (Wildman–Crippen MR) is 292 cm³/mol. The van der Waals surface area contributed by atoms with Gasteiger partial charge in [0.05, 0.1) is 60.7 Å². The molecule has 0 saturated carbocycles. The van der Waals surface area contributed by atoms with Gasteiger partial charge in [-0.2, -0.15) is 4.89 Å². The number of nitrogens with zero attached hydrogens (tertiary/aromatic N) is 2. The second kappa shape index (κ2) is 27.0. The van der Waals surface area contributed by atoms with Crippen LogP contribution in [0.5, 0.6) is 0 Å². The summed E-state index contributed by atoms with van der Waals surface area (Å²) in [5.74, 6) is -5.52. The molecule has 1 unspecified atom stereocenters. The summed E-state index contributed by atoms with van der Waals surface area (Å²) in [6, 6.07) is 5.20. The Labute approximate surface area is 462 Å². The van der Waals surface area contributed by atoms with Crippen molar-refractivity contribution in [1.82, 2.24) is 9.80 Å². The number of ether oxygens (including phenoxy) is 5. The van der Waals surface area contributed by atoms with Crippen molar-refractivity contribution in [2.75, 3.05) is 39.8 Å². The van der Waals surface area contributed by atoms with Gasteiger partial charge >= 0.3 is 11.9 Å². The molecule has 1 spiro atoms. The summed E-state index contributed by atoms with van der Waals surface area (Å²) in [5, 5.41) is 24.4. The van der Waals surface area contributed by atoms with E-state index in [1.54, 1.807) is 37.3 Å². The number of rotatable bonds is 18. The number of hydrogen-bond donors (Lipinski definition) is 2. The van der Waals surface area contributed by atoms with E-state index in [9.17, 15) is 29.4 Å². The minimum absolute atomic E-state index is 0.00867. The minimum Gasteiger partial charge on any atom is -0.469 e. The fourth-order valence-corrected chi connectivity index (χ4v) is 13.3. The standard InChI is InChI=1S/C59H90Cl2N2O13/c1-13-45(55(67)63-30-28-62(29-31-63)34-43(56(68)70-12)19-18-42-20-21-44(60)33-47(42)61)48-22-17-36(5)53(73-48)39(8)51(65)38(7)52(66)46(14-2)54-37(6)32-35(4)16-23-50(72-41(10)64)59(76-74-54)27-26-57(11,75-59)49-24-25-58(69,15-3)40(9)71-49/h16,18-21,23,33,35-40,43,45-46,48-51,53-54,65,69H,13-15,17,22,24-32,34H2,1-12H3/b19-18-,23-16-/t35-,36-,37-,38-,39-,40-,43?,45+,46-,48+,49+,50+,51+,53+,54-,57-,58+,59-/m0/s1. The number of benzene rings is 1. The second-order valence-corrected chi connectivity index (χ2v) is 24.1. The summed E-state index contributed by atoms with van der Waals surface area (Å²) < 4.78 is 31.4. The van der Waals surface area contributed by atoms with E-state index in [0.717, 1.165) is 12.0 Å². The number of carbonyl (C=O) groups excluding carboxylic acids is 4. The molecule has 0 aliphatic carbocycles. The van der Waals surface area contributed by atoms with E-state index in [1.165, 1.54) is 14.0 Å². The zero-order valence-electron chi connectivity index (χ0n) is 47.3. The average molecular weight is 1110 g/mol. The summed E-state index contributed by atoms with van der Waals surface area (Å²) in [4.78, 5) is 72.0. The Morgan fingerprint density at radius 3 is 2.21 bits per heavy atom. The zero-order chi connectivity index (χ0) is 55.9. The number of Topliss-reactive ketones (excluding diaryl/α,β-unsaturated/α-hetero) is 1. The number of hydrogen-bond acceptors (Lipinski definition) is 14. The molecule has 0 radical (unpaired) electrons. The van der Waals surface area contributed by atoms with E-state index in [0.29, 0.717) is 101 Å². The Morgan fingerprint density at radius 2 is 1.59 bits per heavy atom. The highest BCUT2D eigenvalue weighted by Gasteiger charge is 2.60. The van der Waals surface area contributed by atoms with Gasteiger partial charge in [0, 0.05) is 73.9 Å². The van der Waals surface area contributed by atoms with Gasteiger partial charge in [0.2, 0.25) is 11.7 Å². The fourth-order valence-electron chi connectivity index (χ4n) is 12.8. The minimum atomic E-state index is -1.57. The molecule has 4 saturated heterocycles. The Morgan fingerprint density at radius 1 is 0.895 bits per heavy atom. The second-order valence-electron chi connectivity index (χ2n) is 23.3. The summed E-state index contributed by atoms with van der Waals surface area (Å²) in [6.07, 6.45) is 8.66. The molecule has 1 aromatic carbocycles. The molecule has 2 N–H and O–H groups in total. The number of piperazine rings is 1. The number of carbonyl (C=O) groups is 4. The van der Waals surface area contributed by atoms with Crippen molar-refractivity contribution in [3.8, 4) is 0 Å². The molecule has 428 valence electrons. The molecule has 1 amide bonds. The van der Waals surface area contributed by atoms with Crippen molar-refractivity contribution < 1.29 is 62.9 Å². The molecular weight excluding hydrogens is 1020 g/mol. The molecule has 6 rings (SSSR count). The van der Waals surface area contributed by atoms with Gasteiger partial charge in [-0.15, -0.1) is 0 Å². The van der Waals surface area contributed by atoms with E-state index in [2.05, 4.69) is 18.7 Å². The Hall–Kier alpha value is -2.96. The van der Waals surface area contributed by atoms with Gasteiger partial charge < -0.3 is 38.8 Å². The molecule has 18 atom stereocenters. The molecule has 15 nitrogen and oxygen atoms in total. The van der Waals surface area contributed by atoms with E-state index in [1.807, 2.05) is 65.5 Å². The quantitative estimate of drug-likeness (QED) is 0.0806. The zero-order valence-corrected chi connectivity index (χ0v) is 48.9. The number of methoxy groups -OCH3 is 1. The third-order valence-corrected chi connectivity index (χ3v) is 18.5. The van der Waals surface area contributed by atoms with Crippen molar-refractivity contribution in [3.63, 3.8) is 0 Å². The first-order chi connectivity index (χ1) is 35.9. The molecule has 1 aromatic rings. The highest BCUT2D eigenvalue weighted by atomic mass is 35.5. The number of esters is 2. The first-order valence-corrected chi connectivity index (χ1v) is 29.1. The van der Waals surface area contributed by atoms with Crippen LogP contribution in [0.3, 0.4) is 0 Å². The maximum Gasteiger partial charge on any atom is 0.313 e. The van der Waals surface area contributed by atoms with Crippen LogP contribution < -0.4 is 0 Å². The maximum absolute atomic E-state index is 15.0. The Balaban J connectivity index is 1.11. The van der Waals surface area contributed by atoms with Crippen molar-refractivity contribution in [2.45, 2.75) is 200 Å². The SMILES string of the molecule is CC[C@@H](C(=O)[C@@H](C)[C@@H](O)[C@H](C)[C@@H]1O[C@@H]([C@@H](CC)C(=O)N2CCN(CC(/C=C\c3ccc(Cl)cc3Cl)C(=O)OC)CC2)CC[C@@H]1C)[C@H]1OO[C@@]2(CC[C@@](C)([C@H]3CC[C@](O)(CC)[C@H](C)O3)O2)[C@H](OC(C)=O)/C=C\[C@H](C)C[C@@H]1C. The number of ketones is 1. The highest BCUT2D eigenvalue weighted by Crippen LogP contribution is 2.49. The molecular formula is C59H90Cl2N2O13. The van der Waals surface area contributed by atoms with Crippen LogP contribution in [0, 0.1) is 47.3 Å². The normalized spacial score (nSPS) is 35.7. The van der Waals surface area contributed by atoms with Crippen LogP contribution in [0.1, 0.15) is 146 Å². The third-order valence-electron chi connectivity index (χ3n) is 17.9. The molecule has 17 heteroatoms. The fraction of sp³-hybridized carbons (Fsp3) is 0.763. The molecule has 4 fully saturated rings. The summed E-state index contributed by atoms with van der Waals surface area (Å²) in [7, 11) is 1.37. The third kappa shape index (κ3) is 14.5. The average Bonchev–Trinajstić information content (AvgIpc) is 3.75. The number of aliphatic hydroxyl groups is 2. The number of amides is 1. The predicted octanol–water partition coefficient (Wildman–Crippen LogP) is 9.83. The van der Waals surface area contributed by atoms with E-state index < -0.39 is 83.1 Å².